The van der Waals surface area contributed by atoms with E-state index in [0.717, 1.165) is 36.2 Å². The number of imidazole rings is 1. The SMILES string of the molecule is CC(Oc1ccc2c(c1)OCO2)C(=O)N1CCCC(c2nc3ccccc3n2C)C1. The predicted octanol–water partition coefficient (Wildman–Crippen LogP) is 3.48. The van der Waals surface area contributed by atoms with Crippen LogP contribution >= 0.6 is 0 Å². The smallest absolute Gasteiger partial charge is 0.263 e. The van der Waals surface area contributed by atoms with E-state index in [1.807, 2.05) is 23.1 Å². The summed E-state index contributed by atoms with van der Waals surface area (Å²) < 4.78 is 18.8. The Bertz CT molecular complexity index is 1090. The van der Waals surface area contributed by atoms with Crippen molar-refractivity contribution >= 4 is 16.9 Å². The van der Waals surface area contributed by atoms with E-state index < -0.39 is 6.10 Å². The second-order valence-electron chi connectivity index (χ2n) is 7.92. The Morgan fingerprint density at radius 1 is 1.20 bits per heavy atom. The van der Waals surface area contributed by atoms with Crippen LogP contribution in [-0.4, -0.2) is 46.3 Å². The van der Waals surface area contributed by atoms with Gasteiger partial charge >= 0.3 is 0 Å². The summed E-state index contributed by atoms with van der Waals surface area (Å²) in [7, 11) is 2.05. The van der Waals surface area contributed by atoms with Crippen LogP contribution in [0.1, 0.15) is 31.5 Å². The van der Waals surface area contributed by atoms with Gasteiger partial charge in [0.15, 0.2) is 17.6 Å². The summed E-state index contributed by atoms with van der Waals surface area (Å²) in [5, 5.41) is 0. The number of carbonyl (C=O) groups is 1. The molecule has 1 aromatic heterocycles. The number of hydrogen-bond donors (Lipinski definition) is 0. The summed E-state index contributed by atoms with van der Waals surface area (Å²) in [6, 6.07) is 13.5. The van der Waals surface area contributed by atoms with Crippen molar-refractivity contribution in [3.63, 3.8) is 0 Å². The van der Waals surface area contributed by atoms with E-state index in [-0.39, 0.29) is 18.6 Å². The van der Waals surface area contributed by atoms with E-state index in [1.165, 1.54) is 0 Å². The van der Waals surface area contributed by atoms with E-state index in [4.69, 9.17) is 19.2 Å². The summed E-state index contributed by atoms with van der Waals surface area (Å²) in [6.07, 6.45) is 1.40. The lowest BCUT2D eigenvalue weighted by atomic mass is 9.96. The van der Waals surface area contributed by atoms with Gasteiger partial charge in [-0.25, -0.2) is 4.98 Å². The van der Waals surface area contributed by atoms with Gasteiger partial charge < -0.3 is 23.7 Å². The molecule has 2 aliphatic heterocycles. The van der Waals surface area contributed by atoms with Crippen molar-refractivity contribution in [3.8, 4) is 17.2 Å². The second-order valence-corrected chi connectivity index (χ2v) is 7.92. The lowest BCUT2D eigenvalue weighted by Gasteiger charge is -2.34. The molecule has 0 spiro atoms. The predicted molar refractivity (Wildman–Crippen MR) is 112 cm³/mol. The first-order valence-corrected chi connectivity index (χ1v) is 10.4. The van der Waals surface area contributed by atoms with Gasteiger partial charge in [0.2, 0.25) is 6.79 Å². The van der Waals surface area contributed by atoms with E-state index >= 15 is 0 Å². The molecule has 30 heavy (non-hydrogen) atoms. The highest BCUT2D eigenvalue weighted by Gasteiger charge is 2.31. The van der Waals surface area contributed by atoms with Crippen LogP contribution in [0.15, 0.2) is 42.5 Å². The van der Waals surface area contributed by atoms with Gasteiger partial charge in [0.05, 0.1) is 11.0 Å². The van der Waals surface area contributed by atoms with Crippen molar-refractivity contribution in [1.82, 2.24) is 14.5 Å². The molecule has 0 N–H and O–H groups in total. The number of aromatic nitrogens is 2. The zero-order valence-corrected chi connectivity index (χ0v) is 17.2. The molecule has 0 radical (unpaired) electrons. The fraction of sp³-hybridized carbons (Fsp3) is 0.391. The first-order valence-electron chi connectivity index (χ1n) is 10.4. The number of rotatable bonds is 4. The molecule has 2 aliphatic rings. The molecule has 3 heterocycles. The van der Waals surface area contributed by atoms with E-state index in [0.29, 0.717) is 23.8 Å². The van der Waals surface area contributed by atoms with Crippen molar-refractivity contribution in [2.45, 2.75) is 31.8 Å². The summed E-state index contributed by atoms with van der Waals surface area (Å²) in [4.78, 5) is 19.8. The van der Waals surface area contributed by atoms with Gasteiger partial charge in [-0.05, 0) is 44.0 Å². The Hall–Kier alpha value is -3.22. The fourth-order valence-electron chi connectivity index (χ4n) is 4.38. The Morgan fingerprint density at radius 2 is 2.03 bits per heavy atom. The van der Waals surface area contributed by atoms with Gasteiger partial charge in [-0.15, -0.1) is 0 Å². The van der Waals surface area contributed by atoms with Gasteiger partial charge in [-0.3, -0.25) is 4.79 Å². The minimum Gasteiger partial charge on any atom is -0.481 e. The number of nitrogens with zero attached hydrogens (tertiary/aromatic N) is 3. The maximum absolute atomic E-state index is 13.1. The van der Waals surface area contributed by atoms with Gasteiger partial charge in [0, 0.05) is 32.1 Å². The average molecular weight is 407 g/mol. The molecule has 0 aliphatic carbocycles. The number of likely N-dealkylation sites (tertiary alicyclic amines) is 1. The molecule has 1 saturated heterocycles. The number of amides is 1. The van der Waals surface area contributed by atoms with E-state index in [9.17, 15) is 4.79 Å². The Labute approximate surface area is 175 Å². The molecule has 1 amide bonds. The highest BCUT2D eigenvalue weighted by Crippen LogP contribution is 2.35. The second kappa shape index (κ2) is 7.55. The molecule has 1 fully saturated rings. The molecule has 2 unspecified atom stereocenters. The maximum Gasteiger partial charge on any atom is 0.263 e. The highest BCUT2D eigenvalue weighted by atomic mass is 16.7. The molecule has 2 aromatic carbocycles. The minimum absolute atomic E-state index is 0.00358. The monoisotopic (exact) mass is 407 g/mol. The molecule has 7 nitrogen and oxygen atoms in total. The van der Waals surface area contributed by atoms with Crippen molar-refractivity contribution in [1.29, 1.82) is 0 Å². The molecule has 5 rings (SSSR count). The van der Waals surface area contributed by atoms with Crippen molar-refractivity contribution < 1.29 is 19.0 Å². The number of carbonyl (C=O) groups excluding carboxylic acids is 1. The number of piperidine rings is 1. The summed E-state index contributed by atoms with van der Waals surface area (Å²) >= 11 is 0. The molecule has 7 heteroatoms. The van der Waals surface area contributed by atoms with Crippen LogP contribution < -0.4 is 14.2 Å². The van der Waals surface area contributed by atoms with Crippen LogP contribution in [0.3, 0.4) is 0 Å². The zero-order valence-electron chi connectivity index (χ0n) is 17.2. The summed E-state index contributed by atoms with van der Waals surface area (Å²) in [5.74, 6) is 3.20. The zero-order chi connectivity index (χ0) is 20.7. The molecule has 156 valence electrons. The van der Waals surface area contributed by atoms with Crippen LogP contribution in [0.2, 0.25) is 0 Å². The van der Waals surface area contributed by atoms with Crippen LogP contribution in [-0.2, 0) is 11.8 Å². The van der Waals surface area contributed by atoms with Crippen LogP contribution in [0.25, 0.3) is 11.0 Å². The van der Waals surface area contributed by atoms with Crippen LogP contribution in [0.4, 0.5) is 0 Å². The lowest BCUT2D eigenvalue weighted by molar-refractivity contribution is -0.139. The number of benzene rings is 2. The van der Waals surface area contributed by atoms with Crippen LogP contribution in [0, 0.1) is 0 Å². The number of aryl methyl sites for hydroxylation is 1. The summed E-state index contributed by atoms with van der Waals surface area (Å²) in [5.41, 5.74) is 2.12. The minimum atomic E-state index is -0.579. The molecule has 2 atom stereocenters. The third kappa shape index (κ3) is 3.34. The fourth-order valence-corrected chi connectivity index (χ4v) is 4.38. The van der Waals surface area contributed by atoms with Gasteiger partial charge in [0.1, 0.15) is 11.6 Å². The van der Waals surface area contributed by atoms with Crippen molar-refractivity contribution in [2.24, 2.45) is 7.05 Å². The number of para-hydroxylation sites is 2. The molecule has 0 saturated carbocycles. The van der Waals surface area contributed by atoms with Crippen molar-refractivity contribution in [2.75, 3.05) is 19.9 Å². The van der Waals surface area contributed by atoms with Gasteiger partial charge in [-0.1, -0.05) is 12.1 Å². The largest absolute Gasteiger partial charge is 0.481 e. The van der Waals surface area contributed by atoms with E-state index in [2.05, 4.69) is 17.7 Å². The lowest BCUT2D eigenvalue weighted by Crippen LogP contribution is -2.45. The molecular weight excluding hydrogens is 382 g/mol. The number of hydrogen-bond acceptors (Lipinski definition) is 5. The number of fused-ring (bicyclic) bond motifs is 2. The Balaban J connectivity index is 1.29. The molecular formula is C23H25N3O4. The standard InChI is InChI=1S/C23H25N3O4/c1-15(30-17-9-10-20-21(12-17)29-14-28-20)23(27)26-11-5-6-16(13-26)22-24-18-7-3-4-8-19(18)25(22)2/h3-4,7-10,12,15-16H,5-6,11,13-14H2,1-2H3. The van der Waals surface area contributed by atoms with Crippen LogP contribution in [0.5, 0.6) is 17.2 Å². The average Bonchev–Trinajstić information content (AvgIpc) is 3.37. The normalized spacial score (nSPS) is 19.1. The van der Waals surface area contributed by atoms with Crippen molar-refractivity contribution in [3.05, 3.63) is 48.3 Å². The highest BCUT2D eigenvalue weighted by molar-refractivity contribution is 5.81. The first kappa shape index (κ1) is 18.8. The van der Waals surface area contributed by atoms with Gasteiger partial charge in [0.25, 0.3) is 5.91 Å². The number of ether oxygens (including phenoxy) is 3. The quantitative estimate of drug-likeness (QED) is 0.663. The first-order chi connectivity index (χ1) is 14.6. The maximum atomic E-state index is 13.1. The van der Waals surface area contributed by atoms with Gasteiger partial charge in [-0.2, -0.15) is 0 Å². The third-order valence-electron chi connectivity index (χ3n) is 5.92. The summed E-state index contributed by atoms with van der Waals surface area (Å²) in [6.45, 7) is 3.41. The third-order valence-corrected chi connectivity index (χ3v) is 5.92. The molecule has 0 bridgehead atoms. The van der Waals surface area contributed by atoms with E-state index in [1.54, 1.807) is 25.1 Å². The Kier molecular flexibility index (Phi) is 4.73. The topological polar surface area (TPSA) is 65.8 Å². The molecule has 3 aromatic rings. The Morgan fingerprint density at radius 3 is 2.90 bits per heavy atom.